The SMILES string of the molecule is CCCCCCCCCCCCCCCCCCCCCCCCCCCC#CC1=C(c2cc(CCCC)cc(CCCCCC)c2)[N+](=[N-])C(c2cc(CCCC)cc(CCCCCC)c2)=C1CC. The fourth-order valence-corrected chi connectivity index (χ4v) is 10.8. The van der Waals surface area contributed by atoms with Crippen molar-refractivity contribution in [1.82, 2.24) is 0 Å². The van der Waals surface area contributed by atoms with Gasteiger partial charge in [-0.1, -0.05) is 271 Å². The first-order valence-electron chi connectivity index (χ1n) is 30.7. The molecule has 1 aliphatic rings. The van der Waals surface area contributed by atoms with Gasteiger partial charge in [0.1, 0.15) is 5.57 Å². The Balaban J connectivity index is 1.55. The van der Waals surface area contributed by atoms with Gasteiger partial charge in [-0.25, -0.2) is 4.70 Å². The molecule has 0 saturated carbocycles. The molecule has 0 spiro atoms. The summed E-state index contributed by atoms with van der Waals surface area (Å²) < 4.78 is 1.57. The summed E-state index contributed by atoms with van der Waals surface area (Å²) in [6, 6.07) is 14.4. The van der Waals surface area contributed by atoms with Gasteiger partial charge in [-0.05, 0) is 111 Å². The molecular weight excluding hydrogens is 833 g/mol. The van der Waals surface area contributed by atoms with E-state index in [0.717, 1.165) is 73.0 Å². The lowest BCUT2D eigenvalue weighted by atomic mass is 9.93. The Morgan fingerprint density at radius 2 is 0.623 bits per heavy atom. The van der Waals surface area contributed by atoms with Crippen molar-refractivity contribution in [2.45, 2.75) is 318 Å². The first-order valence-corrected chi connectivity index (χ1v) is 30.7. The molecule has 0 radical (unpaired) electrons. The molecule has 69 heavy (non-hydrogen) atoms. The minimum absolute atomic E-state index is 0.837. The van der Waals surface area contributed by atoms with Crippen LogP contribution in [0.1, 0.15) is 325 Å². The van der Waals surface area contributed by atoms with Crippen molar-refractivity contribution in [3.8, 4) is 11.8 Å². The smallest absolute Gasteiger partial charge is 0.223 e. The van der Waals surface area contributed by atoms with E-state index in [2.05, 4.69) is 89.8 Å². The van der Waals surface area contributed by atoms with Crippen LogP contribution in [0.15, 0.2) is 47.5 Å². The van der Waals surface area contributed by atoms with E-state index in [4.69, 9.17) is 0 Å². The lowest BCUT2D eigenvalue weighted by molar-refractivity contribution is -0.345. The standard InChI is InChI=1S/C67H110N2/c1-7-13-18-21-22-23-24-25-26-27-28-29-30-31-32-33-34-35-36-37-38-39-40-41-42-43-46-51-65-64(12-6)66(62-54-58(47-16-10-4)52-60(56-62)49-44-19-14-8-2)69(68)67(65)63-55-59(48-17-11-5)53-61(57-63)50-45-20-15-9-3/h52-57H,7-45,47-50H2,1-6H3. The number of nitrogens with zero attached hydrogens (tertiary/aromatic N) is 2. The van der Waals surface area contributed by atoms with E-state index in [1.165, 1.54) is 259 Å². The second-order valence-corrected chi connectivity index (χ2v) is 21.7. The van der Waals surface area contributed by atoms with Crippen LogP contribution in [0.4, 0.5) is 0 Å². The second-order valence-electron chi connectivity index (χ2n) is 21.7. The maximum absolute atomic E-state index is 12.6. The van der Waals surface area contributed by atoms with Crippen molar-refractivity contribution in [3.63, 3.8) is 0 Å². The second kappa shape index (κ2) is 40.7. The van der Waals surface area contributed by atoms with E-state index in [1.54, 1.807) is 4.70 Å². The van der Waals surface area contributed by atoms with Crippen LogP contribution in [0.3, 0.4) is 0 Å². The van der Waals surface area contributed by atoms with Gasteiger partial charge < -0.3 is 5.53 Å². The Hall–Kier alpha value is -2.92. The highest BCUT2D eigenvalue weighted by Gasteiger charge is 2.35. The summed E-state index contributed by atoms with van der Waals surface area (Å²) in [5, 5.41) is 0. The molecule has 1 heterocycles. The number of aryl methyl sites for hydroxylation is 4. The molecule has 0 N–H and O–H groups in total. The highest BCUT2D eigenvalue weighted by molar-refractivity contribution is 5.85. The van der Waals surface area contributed by atoms with Crippen molar-refractivity contribution in [2.75, 3.05) is 0 Å². The quantitative estimate of drug-likeness (QED) is 0.0359. The van der Waals surface area contributed by atoms with Crippen molar-refractivity contribution in [3.05, 3.63) is 86.5 Å². The van der Waals surface area contributed by atoms with Crippen LogP contribution in [0.5, 0.6) is 0 Å². The normalized spacial score (nSPS) is 12.8. The van der Waals surface area contributed by atoms with Crippen molar-refractivity contribution >= 4 is 11.4 Å². The summed E-state index contributed by atoms with van der Waals surface area (Å²) in [5.41, 5.74) is 24.6. The van der Waals surface area contributed by atoms with E-state index in [1.807, 2.05) is 0 Å². The number of allylic oxidation sites excluding steroid dienone is 2. The van der Waals surface area contributed by atoms with Crippen molar-refractivity contribution < 1.29 is 4.70 Å². The van der Waals surface area contributed by atoms with E-state index in [0.29, 0.717) is 0 Å². The average molecular weight is 944 g/mol. The maximum atomic E-state index is 12.6. The van der Waals surface area contributed by atoms with Gasteiger partial charge in [-0.2, -0.15) is 0 Å². The van der Waals surface area contributed by atoms with Gasteiger partial charge in [0, 0.05) is 23.1 Å². The predicted molar refractivity (Wildman–Crippen MR) is 307 cm³/mol. The number of hydrogen-bond donors (Lipinski definition) is 0. The molecule has 0 amide bonds. The maximum Gasteiger partial charge on any atom is 0.223 e. The third kappa shape index (κ3) is 25.9. The molecule has 388 valence electrons. The van der Waals surface area contributed by atoms with Gasteiger partial charge in [0.05, 0.1) is 0 Å². The van der Waals surface area contributed by atoms with Crippen LogP contribution in [-0.2, 0) is 25.7 Å². The topological polar surface area (TPSA) is 25.3 Å². The van der Waals surface area contributed by atoms with Crippen LogP contribution in [0.2, 0.25) is 0 Å². The Morgan fingerprint density at radius 3 is 0.957 bits per heavy atom. The average Bonchev–Trinajstić information content (AvgIpc) is 3.65. The van der Waals surface area contributed by atoms with Crippen LogP contribution < -0.4 is 0 Å². The molecule has 2 aromatic rings. The van der Waals surface area contributed by atoms with Gasteiger partial charge in [0.2, 0.25) is 11.4 Å². The third-order valence-corrected chi connectivity index (χ3v) is 15.1. The molecule has 0 aromatic heterocycles. The minimum Gasteiger partial charge on any atom is -0.493 e. The zero-order chi connectivity index (χ0) is 49.4. The molecule has 0 saturated heterocycles. The third-order valence-electron chi connectivity index (χ3n) is 15.1. The number of hydrogen-bond acceptors (Lipinski definition) is 0. The van der Waals surface area contributed by atoms with E-state index < -0.39 is 0 Å². The largest absolute Gasteiger partial charge is 0.493 e. The zero-order valence-corrected chi connectivity index (χ0v) is 46.8. The predicted octanol–water partition coefficient (Wildman–Crippen LogP) is 22.4. The fraction of sp³-hybridized carbons (Fsp3) is 0.731. The first kappa shape index (κ1) is 60.4. The summed E-state index contributed by atoms with van der Waals surface area (Å²) >= 11 is 0. The lowest BCUT2D eigenvalue weighted by Gasteiger charge is -2.14. The molecule has 0 unspecified atom stereocenters. The van der Waals surface area contributed by atoms with Gasteiger partial charge in [0.25, 0.3) is 0 Å². The first-order chi connectivity index (χ1) is 34.0. The van der Waals surface area contributed by atoms with E-state index in [9.17, 15) is 5.53 Å². The molecule has 0 aliphatic carbocycles. The fourth-order valence-electron chi connectivity index (χ4n) is 10.8. The highest BCUT2D eigenvalue weighted by atomic mass is 15.2. The molecule has 0 atom stereocenters. The monoisotopic (exact) mass is 943 g/mol. The molecule has 2 heteroatoms. The molecule has 3 rings (SSSR count). The summed E-state index contributed by atoms with van der Waals surface area (Å²) in [7, 11) is 0. The van der Waals surface area contributed by atoms with E-state index in [-0.39, 0.29) is 0 Å². The van der Waals surface area contributed by atoms with Crippen LogP contribution >= 0.6 is 0 Å². The number of rotatable bonds is 44. The molecule has 1 aliphatic heterocycles. The summed E-state index contributed by atoms with van der Waals surface area (Å²) in [4.78, 5) is 0. The molecule has 0 fully saturated rings. The molecule has 2 aromatic carbocycles. The summed E-state index contributed by atoms with van der Waals surface area (Å²) in [5.74, 6) is 7.43. The van der Waals surface area contributed by atoms with Gasteiger partial charge in [-0.3, -0.25) is 0 Å². The van der Waals surface area contributed by atoms with Crippen molar-refractivity contribution in [2.24, 2.45) is 0 Å². The minimum atomic E-state index is 0.837. The van der Waals surface area contributed by atoms with Gasteiger partial charge in [0.15, 0.2) is 0 Å². The van der Waals surface area contributed by atoms with E-state index >= 15 is 0 Å². The zero-order valence-electron chi connectivity index (χ0n) is 46.8. The molecule has 2 nitrogen and oxygen atoms in total. The lowest BCUT2D eigenvalue weighted by Crippen LogP contribution is -2.05. The Morgan fingerprint density at radius 1 is 0.333 bits per heavy atom. The molecule has 0 bridgehead atoms. The Kier molecular flexibility index (Phi) is 35.6. The highest BCUT2D eigenvalue weighted by Crippen LogP contribution is 2.43. The summed E-state index contributed by atoms with van der Waals surface area (Å²) in [6.45, 7) is 13.7. The number of unbranched alkanes of at least 4 members (excludes halogenated alkanes) is 33. The molecular formula is C67H110N2. The number of benzene rings is 2. The van der Waals surface area contributed by atoms with Crippen LogP contribution in [-0.4, -0.2) is 4.70 Å². The summed E-state index contributed by atoms with van der Waals surface area (Å²) in [6.07, 6.45) is 56.4. The van der Waals surface area contributed by atoms with Crippen LogP contribution in [0.25, 0.3) is 16.9 Å². The Bertz CT molecular complexity index is 1760. The van der Waals surface area contributed by atoms with Crippen molar-refractivity contribution in [1.29, 1.82) is 0 Å². The van der Waals surface area contributed by atoms with Crippen LogP contribution in [0, 0.1) is 11.8 Å². The Labute approximate surface area is 430 Å². The van der Waals surface area contributed by atoms with Gasteiger partial charge in [-0.15, -0.1) is 0 Å². The van der Waals surface area contributed by atoms with Gasteiger partial charge >= 0.3 is 0 Å².